The second-order valence-corrected chi connectivity index (χ2v) is 19.6. The summed E-state index contributed by atoms with van der Waals surface area (Å²) in [6.07, 6.45) is -11.4. The summed E-state index contributed by atoms with van der Waals surface area (Å²) in [5.74, 6) is 0.731. The molecule has 17 nitrogen and oxygen atoms in total. The van der Waals surface area contributed by atoms with Crippen molar-refractivity contribution in [1.82, 2.24) is 46.5 Å². The molecule has 4 amide bonds. The van der Waals surface area contributed by atoms with Crippen LogP contribution in [0.2, 0.25) is 0 Å². The number of aromatic nitrogens is 3. The molecule has 2 aliphatic heterocycles. The van der Waals surface area contributed by atoms with Gasteiger partial charge in [0.25, 0.3) is 5.91 Å². The Balaban J connectivity index is 1.34. The van der Waals surface area contributed by atoms with Gasteiger partial charge in [-0.15, -0.1) is 0 Å². The summed E-state index contributed by atoms with van der Waals surface area (Å²) in [6, 6.07) is 6.08. The number of alkyl carbamates (subject to hydrolysis) is 2. The van der Waals surface area contributed by atoms with Crippen molar-refractivity contribution in [3.8, 4) is 23.1 Å². The number of rotatable bonds is 18. The van der Waals surface area contributed by atoms with Crippen molar-refractivity contribution in [1.29, 1.82) is 0 Å². The van der Waals surface area contributed by atoms with E-state index in [1.807, 2.05) is 22.9 Å². The fourth-order valence-corrected chi connectivity index (χ4v) is 8.55. The highest BCUT2D eigenvalue weighted by atomic mass is 19.4. The lowest BCUT2D eigenvalue weighted by atomic mass is 9.82. The van der Waals surface area contributed by atoms with E-state index in [0.717, 1.165) is 58.2 Å². The number of ether oxygens (including phenoxy) is 2. The third kappa shape index (κ3) is 14.5. The van der Waals surface area contributed by atoms with E-state index in [9.17, 15) is 59.4 Å². The first-order chi connectivity index (χ1) is 36.0. The average molecular weight is 1100 g/mol. The number of hydrogen-bond acceptors (Lipinski definition) is 12. The van der Waals surface area contributed by atoms with Crippen LogP contribution < -0.4 is 31.6 Å². The summed E-state index contributed by atoms with van der Waals surface area (Å²) in [7, 11) is 1.60. The Hall–Kier alpha value is -7.18. The summed E-state index contributed by atoms with van der Waals surface area (Å²) in [6.45, 7) is -1.48. The number of methoxy groups -OCH3 is 2. The molecule has 6 atom stereocenters. The van der Waals surface area contributed by atoms with E-state index in [-0.39, 0.29) is 21.5 Å². The van der Waals surface area contributed by atoms with E-state index in [0.29, 0.717) is 68.0 Å². The van der Waals surface area contributed by atoms with Gasteiger partial charge < -0.3 is 40.7 Å². The Morgan fingerprint density at radius 1 is 0.792 bits per heavy atom. The molecule has 0 aliphatic carbocycles. The average Bonchev–Trinajstić information content (AvgIpc) is 4.00. The number of carbonyl (C=O) groups is 4. The van der Waals surface area contributed by atoms with Gasteiger partial charge in [-0.05, 0) is 95.0 Å². The van der Waals surface area contributed by atoms with E-state index in [2.05, 4.69) is 46.9 Å². The van der Waals surface area contributed by atoms with Crippen LogP contribution in [-0.2, 0) is 32.0 Å². The van der Waals surface area contributed by atoms with Crippen LogP contribution in [-0.4, -0.2) is 131 Å². The molecule has 27 heteroatoms. The third-order valence-electron chi connectivity index (χ3n) is 13.4. The third-order valence-corrected chi connectivity index (χ3v) is 13.4. The number of fused-ring (bicyclic) bond motifs is 2. The predicted octanol–water partition coefficient (Wildman–Crippen LogP) is 6.51. The molecule has 0 spiro atoms. The normalized spacial score (nSPS) is 17.4. The number of carbonyl (C=O) groups excluding carboxylic acids is 4. The van der Waals surface area contributed by atoms with E-state index >= 15 is 8.78 Å². The molecule has 2 fully saturated rings. The molecule has 2 aromatic heterocycles. The van der Waals surface area contributed by atoms with Gasteiger partial charge in [-0.2, -0.15) is 40.2 Å². The van der Waals surface area contributed by atoms with E-state index in [1.165, 1.54) is 24.3 Å². The second kappa shape index (κ2) is 24.0. The van der Waals surface area contributed by atoms with E-state index < -0.39 is 115 Å². The molecular weight excluding hydrogens is 1040 g/mol. The zero-order chi connectivity index (χ0) is 56.8. The van der Waals surface area contributed by atoms with Crippen LogP contribution in [0, 0.1) is 34.3 Å². The number of anilines is 1. The Morgan fingerprint density at radius 2 is 1.32 bits per heavy atom. The number of aliphatic hydroxyl groups is 1. The number of aliphatic hydroxyl groups excluding tert-OH is 1. The molecule has 77 heavy (non-hydrogen) atoms. The molecule has 0 radical (unpaired) electrons. The van der Waals surface area contributed by atoms with E-state index in [4.69, 9.17) is 0 Å². The maximum absolute atomic E-state index is 16.0. The second-order valence-electron chi connectivity index (χ2n) is 19.6. The number of nitrogens with zero attached hydrogens (tertiary/aromatic N) is 5. The molecule has 418 valence electrons. The van der Waals surface area contributed by atoms with Gasteiger partial charge in [0.2, 0.25) is 5.91 Å². The Kier molecular flexibility index (Phi) is 18.4. The first-order valence-corrected chi connectivity index (χ1v) is 23.8. The summed E-state index contributed by atoms with van der Waals surface area (Å²) in [4.78, 5) is 59.5. The molecule has 2 bridgehead atoms. The van der Waals surface area contributed by atoms with Crippen LogP contribution >= 0.6 is 0 Å². The van der Waals surface area contributed by atoms with Crippen molar-refractivity contribution < 1.29 is 77.7 Å². The molecule has 4 aromatic rings. The predicted molar refractivity (Wildman–Crippen MR) is 256 cm³/mol. The fourth-order valence-electron chi connectivity index (χ4n) is 8.55. The standard InChI is InChI=1S/C50H56F10N10O7/c1-47(2,49(55,56)57)40(64-45(74)76-5)42(72)63-37(19-28-10-7-27(8-11-28)9-12-29-13-16-39(61-22-29)68-23-31-14-15-32(24-68)62-31)38(71)26-69(67-43(73)41(65-46(75)77-6)48(3,4)50(58,59)60)25-33-34(51)20-30(21-35(33)52)36-17-18-70(66-36)44(53)54/h7-8,10-11,13,16-18,20-22,31-32,37-38,40-41,44,62,71H,14-15,19,23-26H2,1-6H3,(H,63,72)(H,64,74)(H,65,75)(H,67,73)/t31?,32?,37-,38-,40+,41+/m0/s1. The smallest absolute Gasteiger partial charge is 0.407 e. The van der Waals surface area contributed by atoms with Gasteiger partial charge in [0.05, 0.1) is 42.9 Å². The molecule has 0 saturated carbocycles. The minimum Gasteiger partial charge on any atom is -0.453 e. The molecule has 6 rings (SSSR count). The van der Waals surface area contributed by atoms with Gasteiger partial charge in [0.1, 0.15) is 29.5 Å². The zero-order valence-electron chi connectivity index (χ0n) is 42.3. The van der Waals surface area contributed by atoms with Crippen LogP contribution in [0.15, 0.2) is 67.0 Å². The summed E-state index contributed by atoms with van der Waals surface area (Å²) in [5, 5.41) is 25.6. The number of nitrogens with one attached hydrogen (secondary N) is 5. The molecular formula is C50H56F10N10O7. The number of hydrazine groups is 1. The summed E-state index contributed by atoms with van der Waals surface area (Å²) in [5.41, 5.74) is -4.41. The first-order valence-electron chi connectivity index (χ1n) is 23.8. The Morgan fingerprint density at radius 3 is 1.82 bits per heavy atom. The number of alkyl halides is 8. The van der Waals surface area contributed by atoms with Crippen molar-refractivity contribution in [3.63, 3.8) is 0 Å². The van der Waals surface area contributed by atoms with Crippen LogP contribution in [0.4, 0.5) is 59.3 Å². The SMILES string of the molecule is COC(=O)N[C@H](C(=O)N[C@@H](Cc1ccc(C#Cc2ccc(N3CC4CCC(C3)N4)nc2)cc1)[C@@H](O)CN(Cc1c(F)cc(-c2ccn(C(F)F)n2)cc1F)NC(=O)[C@@H](NC(=O)OC)C(C)(C)C(F)(F)F)C(C)(C)C(F)(F)F. The molecule has 2 aromatic carbocycles. The minimum atomic E-state index is -5.23. The lowest BCUT2D eigenvalue weighted by Crippen LogP contribution is -2.63. The minimum absolute atomic E-state index is 0.198. The monoisotopic (exact) mass is 1100 g/mol. The number of pyridine rings is 1. The highest BCUT2D eigenvalue weighted by Crippen LogP contribution is 2.42. The van der Waals surface area contributed by atoms with Gasteiger partial charge in [0.15, 0.2) is 0 Å². The maximum atomic E-state index is 16.0. The molecule has 2 unspecified atom stereocenters. The van der Waals surface area contributed by atoms with Crippen LogP contribution in [0.3, 0.4) is 0 Å². The van der Waals surface area contributed by atoms with Gasteiger partial charge >= 0.3 is 31.1 Å². The number of piperazine rings is 1. The Bertz CT molecular complexity index is 2770. The van der Waals surface area contributed by atoms with Crippen molar-refractivity contribution in [2.45, 2.75) is 109 Å². The lowest BCUT2D eigenvalue weighted by molar-refractivity contribution is -0.221. The van der Waals surface area contributed by atoms with Gasteiger partial charge in [-0.3, -0.25) is 15.0 Å². The van der Waals surface area contributed by atoms with Gasteiger partial charge in [0, 0.05) is 72.9 Å². The highest BCUT2D eigenvalue weighted by molar-refractivity contribution is 5.87. The van der Waals surface area contributed by atoms with Crippen molar-refractivity contribution in [2.75, 3.05) is 38.8 Å². The maximum Gasteiger partial charge on any atom is 0.407 e. The van der Waals surface area contributed by atoms with Crippen LogP contribution in [0.5, 0.6) is 0 Å². The van der Waals surface area contributed by atoms with Crippen molar-refractivity contribution in [2.24, 2.45) is 10.8 Å². The first kappa shape index (κ1) is 59.1. The molecule has 2 aliphatic rings. The van der Waals surface area contributed by atoms with Crippen LogP contribution in [0.1, 0.15) is 69.3 Å². The highest BCUT2D eigenvalue weighted by Gasteiger charge is 2.57. The fraction of sp³-hybridized carbons (Fsp3) is 0.480. The number of amides is 4. The van der Waals surface area contributed by atoms with Crippen molar-refractivity contribution in [3.05, 3.63) is 101 Å². The number of benzene rings is 2. The molecule has 4 heterocycles. The molecule has 2 saturated heterocycles. The topological polar surface area (TPSA) is 204 Å². The largest absolute Gasteiger partial charge is 0.453 e. The lowest BCUT2D eigenvalue weighted by Gasteiger charge is -2.38. The zero-order valence-corrected chi connectivity index (χ0v) is 42.3. The van der Waals surface area contributed by atoms with Gasteiger partial charge in [-0.1, -0.05) is 24.0 Å². The van der Waals surface area contributed by atoms with E-state index in [1.54, 1.807) is 11.5 Å². The van der Waals surface area contributed by atoms with Crippen molar-refractivity contribution >= 4 is 29.8 Å². The summed E-state index contributed by atoms with van der Waals surface area (Å²) < 4.78 is 155. The number of halogens is 10. The quantitative estimate of drug-likeness (QED) is 0.0359. The summed E-state index contributed by atoms with van der Waals surface area (Å²) >= 11 is 0. The number of hydrogen-bond donors (Lipinski definition) is 6. The van der Waals surface area contributed by atoms with Crippen LogP contribution in [0.25, 0.3) is 11.3 Å². The molecule has 6 N–H and O–H groups in total. The van der Waals surface area contributed by atoms with Gasteiger partial charge in [-0.25, -0.2) is 33.0 Å². The Labute approximate surface area is 435 Å².